The number of ether oxygens (including phenoxy) is 1. The molecule has 1 atom stereocenters. The summed E-state index contributed by atoms with van der Waals surface area (Å²) in [5, 5.41) is 12.3. The fraction of sp³-hybridized carbons (Fsp3) is 0.417. The summed E-state index contributed by atoms with van der Waals surface area (Å²) in [4.78, 5) is 11.7. The highest BCUT2D eigenvalue weighted by Crippen LogP contribution is 2.26. The zero-order chi connectivity index (χ0) is 12.1. The Balaban J connectivity index is 2.81. The van der Waals surface area contributed by atoms with Crippen LogP contribution in [0.4, 0.5) is 0 Å². The molecule has 0 saturated carbocycles. The van der Waals surface area contributed by atoms with Gasteiger partial charge in [0.15, 0.2) is 11.5 Å². The summed E-state index contributed by atoms with van der Waals surface area (Å²) in [6, 6.07) is 4.71. The highest BCUT2D eigenvalue weighted by atomic mass is 16.5. The Kier molecular flexibility index (Phi) is 4.17. The highest BCUT2D eigenvalue weighted by molar-refractivity contribution is 5.95. The van der Waals surface area contributed by atoms with Crippen LogP contribution in [-0.4, -0.2) is 24.2 Å². The number of benzene rings is 1. The Hall–Kier alpha value is -1.71. The number of hydrogen-bond acceptors (Lipinski definition) is 3. The average Bonchev–Trinajstić information content (AvgIpc) is 2.28. The van der Waals surface area contributed by atoms with Crippen molar-refractivity contribution in [3.05, 3.63) is 23.8 Å². The van der Waals surface area contributed by atoms with Crippen LogP contribution < -0.4 is 10.1 Å². The van der Waals surface area contributed by atoms with E-state index in [4.69, 9.17) is 4.74 Å². The van der Waals surface area contributed by atoms with Gasteiger partial charge in [0.2, 0.25) is 0 Å². The number of aromatic hydroxyl groups is 1. The number of carbonyl (C=O) groups is 1. The van der Waals surface area contributed by atoms with Crippen LogP contribution in [0.1, 0.15) is 30.6 Å². The molecule has 0 aliphatic heterocycles. The van der Waals surface area contributed by atoms with Crippen molar-refractivity contribution in [3.63, 3.8) is 0 Å². The van der Waals surface area contributed by atoms with Crippen molar-refractivity contribution in [1.29, 1.82) is 0 Å². The molecule has 0 spiro atoms. The fourth-order valence-electron chi connectivity index (χ4n) is 1.24. The molecule has 0 radical (unpaired) electrons. The molecular formula is C12H17NO3. The van der Waals surface area contributed by atoms with E-state index in [1.807, 2.05) is 13.8 Å². The summed E-state index contributed by atoms with van der Waals surface area (Å²) >= 11 is 0. The molecule has 1 amide bonds. The van der Waals surface area contributed by atoms with Crippen molar-refractivity contribution in [2.24, 2.45) is 0 Å². The van der Waals surface area contributed by atoms with Gasteiger partial charge in [-0.1, -0.05) is 6.92 Å². The maximum absolute atomic E-state index is 11.7. The molecule has 1 aromatic carbocycles. The molecule has 0 aromatic heterocycles. The van der Waals surface area contributed by atoms with Crippen LogP contribution in [0.5, 0.6) is 11.5 Å². The molecule has 4 nitrogen and oxygen atoms in total. The maximum atomic E-state index is 11.7. The molecule has 0 saturated heterocycles. The maximum Gasteiger partial charge on any atom is 0.251 e. The van der Waals surface area contributed by atoms with Gasteiger partial charge in [0.25, 0.3) is 5.91 Å². The average molecular weight is 223 g/mol. The fourth-order valence-corrected chi connectivity index (χ4v) is 1.24. The standard InChI is InChI=1S/C12H17NO3/c1-4-8(2)13-12(15)9-5-6-11(16-3)10(14)7-9/h5-8,14H,4H2,1-3H3,(H,13,15). The molecule has 1 rings (SSSR count). The normalized spacial score (nSPS) is 11.9. The van der Waals surface area contributed by atoms with Crippen molar-refractivity contribution >= 4 is 5.91 Å². The molecule has 16 heavy (non-hydrogen) atoms. The van der Waals surface area contributed by atoms with Gasteiger partial charge in [0.05, 0.1) is 7.11 Å². The Morgan fingerprint density at radius 2 is 2.25 bits per heavy atom. The smallest absolute Gasteiger partial charge is 0.251 e. The molecule has 1 aromatic rings. The highest BCUT2D eigenvalue weighted by Gasteiger charge is 2.10. The van der Waals surface area contributed by atoms with Gasteiger partial charge < -0.3 is 15.2 Å². The lowest BCUT2D eigenvalue weighted by Gasteiger charge is -2.12. The van der Waals surface area contributed by atoms with E-state index in [2.05, 4.69) is 5.32 Å². The minimum absolute atomic E-state index is 0.0284. The summed E-state index contributed by atoms with van der Waals surface area (Å²) in [6.07, 6.45) is 0.869. The van der Waals surface area contributed by atoms with Gasteiger partial charge in [-0.3, -0.25) is 4.79 Å². The second-order valence-corrected chi connectivity index (χ2v) is 3.67. The van der Waals surface area contributed by atoms with Gasteiger partial charge in [-0.25, -0.2) is 0 Å². The first-order valence-corrected chi connectivity index (χ1v) is 5.26. The third-order valence-electron chi connectivity index (χ3n) is 2.43. The van der Waals surface area contributed by atoms with Crippen molar-refractivity contribution in [1.82, 2.24) is 5.32 Å². The lowest BCUT2D eigenvalue weighted by Crippen LogP contribution is -2.31. The topological polar surface area (TPSA) is 58.6 Å². The van der Waals surface area contributed by atoms with Gasteiger partial charge in [-0.05, 0) is 31.5 Å². The molecular weight excluding hydrogens is 206 g/mol. The first kappa shape index (κ1) is 12.4. The quantitative estimate of drug-likeness (QED) is 0.820. The van der Waals surface area contributed by atoms with Gasteiger partial charge in [0, 0.05) is 11.6 Å². The molecule has 4 heteroatoms. The first-order chi connectivity index (χ1) is 7.58. The summed E-state index contributed by atoms with van der Waals surface area (Å²) in [6.45, 7) is 3.93. The summed E-state index contributed by atoms with van der Waals surface area (Å²) < 4.78 is 4.90. The lowest BCUT2D eigenvalue weighted by atomic mass is 10.1. The monoisotopic (exact) mass is 223 g/mol. The van der Waals surface area contributed by atoms with Crippen LogP contribution in [0.3, 0.4) is 0 Å². The van der Waals surface area contributed by atoms with Gasteiger partial charge in [-0.15, -0.1) is 0 Å². The van der Waals surface area contributed by atoms with E-state index in [9.17, 15) is 9.90 Å². The molecule has 2 N–H and O–H groups in total. The van der Waals surface area contributed by atoms with Gasteiger partial charge >= 0.3 is 0 Å². The van der Waals surface area contributed by atoms with E-state index < -0.39 is 0 Å². The van der Waals surface area contributed by atoms with Crippen molar-refractivity contribution in [2.45, 2.75) is 26.3 Å². The molecule has 0 fully saturated rings. The second-order valence-electron chi connectivity index (χ2n) is 3.67. The van der Waals surface area contributed by atoms with Crippen molar-refractivity contribution in [2.75, 3.05) is 7.11 Å². The van der Waals surface area contributed by atoms with Crippen LogP contribution in [-0.2, 0) is 0 Å². The number of hydrogen-bond donors (Lipinski definition) is 2. The van der Waals surface area contributed by atoms with Crippen LogP contribution in [0.2, 0.25) is 0 Å². The molecule has 0 bridgehead atoms. The number of phenols is 1. The van der Waals surface area contributed by atoms with Gasteiger partial charge in [0.1, 0.15) is 0 Å². The van der Waals surface area contributed by atoms with Crippen LogP contribution in [0, 0.1) is 0 Å². The van der Waals surface area contributed by atoms with E-state index in [0.717, 1.165) is 6.42 Å². The molecule has 88 valence electrons. The Morgan fingerprint density at radius 1 is 1.56 bits per heavy atom. The number of rotatable bonds is 4. The van der Waals surface area contributed by atoms with E-state index in [-0.39, 0.29) is 17.7 Å². The molecule has 1 unspecified atom stereocenters. The predicted octanol–water partition coefficient (Wildman–Crippen LogP) is 1.93. The summed E-state index contributed by atoms with van der Waals surface area (Å²) in [5.74, 6) is 0.145. The van der Waals surface area contributed by atoms with E-state index >= 15 is 0 Å². The molecule has 0 aliphatic carbocycles. The van der Waals surface area contributed by atoms with Gasteiger partial charge in [-0.2, -0.15) is 0 Å². The lowest BCUT2D eigenvalue weighted by molar-refractivity contribution is 0.0939. The Bertz CT molecular complexity index is 377. The SMILES string of the molecule is CCC(C)NC(=O)c1ccc(OC)c(O)c1. The minimum atomic E-state index is -0.188. The second kappa shape index (κ2) is 5.39. The molecule has 0 aliphatic rings. The minimum Gasteiger partial charge on any atom is -0.504 e. The zero-order valence-corrected chi connectivity index (χ0v) is 9.78. The Labute approximate surface area is 95.2 Å². The van der Waals surface area contributed by atoms with Crippen LogP contribution in [0.25, 0.3) is 0 Å². The zero-order valence-electron chi connectivity index (χ0n) is 9.78. The van der Waals surface area contributed by atoms with Crippen molar-refractivity contribution < 1.29 is 14.6 Å². The predicted molar refractivity (Wildman–Crippen MR) is 61.9 cm³/mol. The summed E-state index contributed by atoms with van der Waals surface area (Å²) in [7, 11) is 1.47. The number of phenolic OH excluding ortho intramolecular Hbond substituents is 1. The largest absolute Gasteiger partial charge is 0.504 e. The number of nitrogens with one attached hydrogen (secondary N) is 1. The van der Waals surface area contributed by atoms with E-state index in [1.54, 1.807) is 12.1 Å². The van der Waals surface area contributed by atoms with Crippen LogP contribution in [0.15, 0.2) is 18.2 Å². The van der Waals surface area contributed by atoms with Crippen LogP contribution >= 0.6 is 0 Å². The summed E-state index contributed by atoms with van der Waals surface area (Å²) in [5.41, 5.74) is 0.429. The first-order valence-electron chi connectivity index (χ1n) is 5.26. The number of carbonyl (C=O) groups excluding carboxylic acids is 1. The third kappa shape index (κ3) is 2.89. The Morgan fingerprint density at radius 3 is 2.75 bits per heavy atom. The van der Waals surface area contributed by atoms with E-state index in [1.165, 1.54) is 13.2 Å². The van der Waals surface area contributed by atoms with E-state index in [0.29, 0.717) is 11.3 Å². The molecule has 0 heterocycles. The third-order valence-corrected chi connectivity index (χ3v) is 2.43. The van der Waals surface area contributed by atoms with Crippen molar-refractivity contribution in [3.8, 4) is 11.5 Å². The number of amides is 1. The number of methoxy groups -OCH3 is 1.